The van der Waals surface area contributed by atoms with Gasteiger partial charge in [-0.15, -0.1) is 0 Å². The van der Waals surface area contributed by atoms with Gasteiger partial charge in [-0.2, -0.15) is 0 Å². The highest BCUT2D eigenvalue weighted by Crippen LogP contribution is 2.22. The zero-order chi connectivity index (χ0) is 15.8. The Kier molecular flexibility index (Phi) is 5.97. The van der Waals surface area contributed by atoms with E-state index in [1.54, 1.807) is 7.11 Å². The molecule has 0 aliphatic carbocycles. The minimum atomic E-state index is -1.07. The highest BCUT2D eigenvalue weighted by atomic mass is 32.2. The first-order valence-corrected chi connectivity index (χ1v) is 8.16. The third kappa shape index (κ3) is 4.60. The number of guanidine groups is 1. The van der Waals surface area contributed by atoms with Crippen molar-refractivity contribution in [3.63, 3.8) is 0 Å². The second kappa shape index (κ2) is 8.19. The molecule has 22 heavy (non-hydrogen) atoms. The Balaban J connectivity index is 1.89. The van der Waals surface area contributed by atoms with Crippen LogP contribution in [-0.4, -0.2) is 29.6 Å². The summed E-state index contributed by atoms with van der Waals surface area (Å²) in [5, 5.41) is 2.98. The number of aliphatic imine (C=N–C) groups is 1. The van der Waals surface area contributed by atoms with E-state index in [4.69, 9.17) is 10.5 Å². The predicted octanol–water partition coefficient (Wildman–Crippen LogP) is 2.23. The second-order valence-electron chi connectivity index (χ2n) is 4.45. The van der Waals surface area contributed by atoms with Gasteiger partial charge in [-0.05, 0) is 24.3 Å². The Morgan fingerprint density at radius 1 is 1.18 bits per heavy atom. The van der Waals surface area contributed by atoms with E-state index in [1.165, 1.54) is 0 Å². The molecule has 0 amide bonds. The predicted molar refractivity (Wildman–Crippen MR) is 90.8 cm³/mol. The van der Waals surface area contributed by atoms with Gasteiger partial charge in [-0.3, -0.25) is 9.20 Å². The highest BCUT2D eigenvalue weighted by molar-refractivity contribution is 7.85. The molecule has 2 aromatic rings. The number of ether oxygens (including phenoxy) is 1. The van der Waals surface area contributed by atoms with Crippen LogP contribution in [0.1, 0.15) is 0 Å². The molecule has 2 aromatic carbocycles. The minimum Gasteiger partial charge on any atom is -0.495 e. The van der Waals surface area contributed by atoms with Gasteiger partial charge in [0.25, 0.3) is 0 Å². The number of nitrogens with one attached hydrogen (secondary N) is 1. The van der Waals surface area contributed by atoms with E-state index in [-0.39, 0.29) is 5.96 Å². The van der Waals surface area contributed by atoms with Crippen LogP contribution < -0.4 is 15.8 Å². The SMILES string of the molecule is COc1ccccc1NC(N)=NCCS(=O)c1ccccc1. The molecule has 0 spiro atoms. The molecule has 0 saturated heterocycles. The number of nitrogens with two attached hydrogens (primary N) is 1. The molecule has 1 unspecified atom stereocenters. The molecule has 0 aliphatic heterocycles. The van der Waals surface area contributed by atoms with Gasteiger partial charge in [0.1, 0.15) is 5.75 Å². The molecule has 6 heteroatoms. The average molecular weight is 317 g/mol. The first-order valence-electron chi connectivity index (χ1n) is 6.84. The first kappa shape index (κ1) is 16.0. The summed E-state index contributed by atoms with van der Waals surface area (Å²) in [4.78, 5) is 4.99. The average Bonchev–Trinajstić information content (AvgIpc) is 2.56. The largest absolute Gasteiger partial charge is 0.495 e. The standard InChI is InChI=1S/C16H19N3O2S/c1-21-15-10-6-5-9-14(15)19-16(17)18-11-12-22(20)13-7-3-2-4-8-13/h2-10H,11-12H2,1H3,(H3,17,18,19). The maximum absolute atomic E-state index is 12.0. The summed E-state index contributed by atoms with van der Waals surface area (Å²) in [6, 6.07) is 16.8. The molecule has 0 bridgehead atoms. The van der Waals surface area contributed by atoms with Gasteiger partial charge in [-0.25, -0.2) is 0 Å². The molecule has 0 saturated carbocycles. The quantitative estimate of drug-likeness (QED) is 0.633. The van der Waals surface area contributed by atoms with Gasteiger partial charge >= 0.3 is 0 Å². The molecule has 0 aromatic heterocycles. The lowest BCUT2D eigenvalue weighted by Gasteiger charge is -2.10. The van der Waals surface area contributed by atoms with Gasteiger partial charge in [0.05, 0.1) is 30.1 Å². The van der Waals surface area contributed by atoms with E-state index < -0.39 is 10.8 Å². The summed E-state index contributed by atoms with van der Waals surface area (Å²) < 4.78 is 17.3. The van der Waals surface area contributed by atoms with Crippen molar-refractivity contribution in [1.82, 2.24) is 0 Å². The Labute approximate surface area is 132 Å². The monoisotopic (exact) mass is 317 g/mol. The summed E-state index contributed by atoms with van der Waals surface area (Å²) in [5.41, 5.74) is 6.58. The molecule has 0 heterocycles. The number of hydrogen-bond acceptors (Lipinski definition) is 3. The van der Waals surface area contributed by atoms with Crippen LogP contribution >= 0.6 is 0 Å². The number of methoxy groups -OCH3 is 1. The maximum atomic E-state index is 12.0. The topological polar surface area (TPSA) is 76.7 Å². The fourth-order valence-electron chi connectivity index (χ4n) is 1.86. The van der Waals surface area contributed by atoms with Crippen LogP contribution in [0.5, 0.6) is 5.75 Å². The first-order chi connectivity index (χ1) is 10.7. The Morgan fingerprint density at radius 2 is 1.86 bits per heavy atom. The number of nitrogens with zero attached hydrogens (tertiary/aromatic N) is 1. The van der Waals surface area contributed by atoms with Crippen LogP contribution in [0.3, 0.4) is 0 Å². The van der Waals surface area contributed by atoms with E-state index in [0.717, 1.165) is 10.6 Å². The highest BCUT2D eigenvalue weighted by Gasteiger charge is 2.04. The summed E-state index contributed by atoms with van der Waals surface area (Å²) in [5.74, 6) is 1.39. The second-order valence-corrected chi connectivity index (χ2v) is 6.03. The van der Waals surface area contributed by atoms with E-state index in [0.29, 0.717) is 18.0 Å². The normalized spacial score (nSPS) is 12.7. The van der Waals surface area contributed by atoms with Crippen LogP contribution in [0.2, 0.25) is 0 Å². The van der Waals surface area contributed by atoms with Crippen molar-refractivity contribution < 1.29 is 8.95 Å². The minimum absolute atomic E-state index is 0.273. The number of benzene rings is 2. The van der Waals surface area contributed by atoms with Crippen LogP contribution in [0.15, 0.2) is 64.5 Å². The maximum Gasteiger partial charge on any atom is 0.193 e. The fraction of sp³-hybridized carbons (Fsp3) is 0.188. The molecule has 116 valence electrons. The van der Waals surface area contributed by atoms with Crippen molar-refractivity contribution in [2.45, 2.75) is 4.90 Å². The third-order valence-corrected chi connectivity index (χ3v) is 4.29. The summed E-state index contributed by atoms with van der Waals surface area (Å²) >= 11 is 0. The van der Waals surface area contributed by atoms with Crippen molar-refractivity contribution in [2.75, 3.05) is 24.7 Å². The molecule has 2 rings (SSSR count). The van der Waals surface area contributed by atoms with Gasteiger partial charge in [-0.1, -0.05) is 30.3 Å². The molecular weight excluding hydrogens is 298 g/mol. The summed E-state index contributed by atoms with van der Waals surface area (Å²) in [7, 11) is 0.527. The number of para-hydroxylation sites is 2. The van der Waals surface area contributed by atoms with E-state index in [9.17, 15) is 4.21 Å². The molecule has 0 aliphatic rings. The van der Waals surface area contributed by atoms with Gasteiger partial charge in [0.2, 0.25) is 0 Å². The zero-order valence-electron chi connectivity index (χ0n) is 12.4. The van der Waals surface area contributed by atoms with Gasteiger partial charge in [0.15, 0.2) is 5.96 Å². The zero-order valence-corrected chi connectivity index (χ0v) is 13.2. The van der Waals surface area contributed by atoms with E-state index in [2.05, 4.69) is 10.3 Å². The molecular formula is C16H19N3O2S. The van der Waals surface area contributed by atoms with E-state index in [1.807, 2.05) is 54.6 Å². The smallest absolute Gasteiger partial charge is 0.193 e. The van der Waals surface area contributed by atoms with Crippen molar-refractivity contribution in [1.29, 1.82) is 0 Å². The molecule has 5 nitrogen and oxygen atoms in total. The van der Waals surface area contributed by atoms with Crippen molar-refractivity contribution >= 4 is 22.4 Å². The van der Waals surface area contributed by atoms with Gasteiger partial charge < -0.3 is 15.8 Å². The molecule has 1 atom stereocenters. The number of anilines is 1. The lowest BCUT2D eigenvalue weighted by atomic mass is 10.3. The lowest BCUT2D eigenvalue weighted by molar-refractivity contribution is 0.417. The molecule has 0 fully saturated rings. The van der Waals surface area contributed by atoms with Crippen LogP contribution in [0.4, 0.5) is 5.69 Å². The summed E-state index contributed by atoms with van der Waals surface area (Å²) in [6.07, 6.45) is 0. The van der Waals surface area contributed by atoms with Crippen LogP contribution in [0.25, 0.3) is 0 Å². The third-order valence-electron chi connectivity index (χ3n) is 2.93. The molecule has 3 N–H and O–H groups in total. The lowest BCUT2D eigenvalue weighted by Crippen LogP contribution is -2.23. The van der Waals surface area contributed by atoms with Crippen molar-refractivity contribution in [3.05, 3.63) is 54.6 Å². The van der Waals surface area contributed by atoms with Crippen molar-refractivity contribution in [2.24, 2.45) is 10.7 Å². The van der Waals surface area contributed by atoms with Crippen LogP contribution in [0, 0.1) is 0 Å². The number of rotatable bonds is 6. The van der Waals surface area contributed by atoms with E-state index >= 15 is 0 Å². The number of hydrogen-bond donors (Lipinski definition) is 2. The van der Waals surface area contributed by atoms with Crippen LogP contribution in [-0.2, 0) is 10.8 Å². The fourth-order valence-corrected chi connectivity index (χ4v) is 2.82. The Hall–Kier alpha value is -2.34. The summed E-state index contributed by atoms with van der Waals surface area (Å²) in [6.45, 7) is 0.384. The molecule has 0 radical (unpaired) electrons. The Bertz CT molecular complexity index is 659. The Morgan fingerprint density at radius 3 is 2.59 bits per heavy atom. The van der Waals surface area contributed by atoms with Crippen molar-refractivity contribution in [3.8, 4) is 5.75 Å². The van der Waals surface area contributed by atoms with Gasteiger partial charge in [0, 0.05) is 10.6 Å².